The fourth-order valence-corrected chi connectivity index (χ4v) is 4.96. The molecule has 2 amide bonds. The lowest BCUT2D eigenvalue weighted by Gasteiger charge is -2.36. The molecule has 2 aromatic carbocycles. The second-order valence-corrected chi connectivity index (χ2v) is 8.93. The molecule has 0 radical (unpaired) electrons. The van der Waals surface area contributed by atoms with Gasteiger partial charge < -0.3 is 10.2 Å². The van der Waals surface area contributed by atoms with Crippen molar-refractivity contribution < 1.29 is 9.59 Å². The van der Waals surface area contributed by atoms with Crippen molar-refractivity contribution in [2.24, 2.45) is 0 Å². The van der Waals surface area contributed by atoms with Gasteiger partial charge in [-0.2, -0.15) is 0 Å². The smallest absolute Gasteiger partial charge is 0.228 e. The van der Waals surface area contributed by atoms with Crippen molar-refractivity contribution in [2.75, 3.05) is 18.1 Å². The fourth-order valence-electron chi connectivity index (χ4n) is 3.82. The van der Waals surface area contributed by atoms with Crippen molar-refractivity contribution in [3.05, 3.63) is 65.0 Å². The van der Waals surface area contributed by atoms with E-state index in [1.807, 2.05) is 42.0 Å². The Morgan fingerprint density at radius 2 is 1.97 bits per heavy atom. The van der Waals surface area contributed by atoms with E-state index in [2.05, 4.69) is 28.5 Å². The van der Waals surface area contributed by atoms with Crippen molar-refractivity contribution in [1.29, 1.82) is 0 Å². The summed E-state index contributed by atoms with van der Waals surface area (Å²) in [6.07, 6.45) is 3.08. The zero-order valence-corrected chi connectivity index (χ0v) is 18.6. The van der Waals surface area contributed by atoms with Gasteiger partial charge in [-0.3, -0.25) is 9.59 Å². The van der Waals surface area contributed by atoms with E-state index in [1.54, 1.807) is 23.6 Å². The van der Waals surface area contributed by atoms with Crippen molar-refractivity contribution in [2.45, 2.75) is 30.7 Å². The van der Waals surface area contributed by atoms with Crippen LogP contribution in [0, 0.1) is 0 Å². The zero-order chi connectivity index (χ0) is 21.1. The highest BCUT2D eigenvalue weighted by Gasteiger charge is 2.30. The van der Waals surface area contributed by atoms with Crippen LogP contribution in [0.5, 0.6) is 0 Å². The van der Waals surface area contributed by atoms with Gasteiger partial charge in [0.15, 0.2) is 5.13 Å². The third-order valence-electron chi connectivity index (χ3n) is 5.33. The van der Waals surface area contributed by atoms with Gasteiger partial charge in [0.25, 0.3) is 0 Å². The number of aromatic nitrogens is 1. The molecule has 1 unspecified atom stereocenters. The van der Waals surface area contributed by atoms with Crippen LogP contribution >= 0.6 is 23.1 Å². The average Bonchev–Trinajstić information content (AvgIpc) is 3.22. The molecule has 1 aliphatic heterocycles. The van der Waals surface area contributed by atoms with Crippen LogP contribution < -0.4 is 5.32 Å². The van der Waals surface area contributed by atoms with Crippen molar-refractivity contribution in [1.82, 2.24) is 9.88 Å². The second-order valence-electron chi connectivity index (χ2n) is 7.20. The van der Waals surface area contributed by atoms with E-state index in [4.69, 9.17) is 0 Å². The number of amides is 2. The summed E-state index contributed by atoms with van der Waals surface area (Å²) in [5.74, 6) is -0.144. The van der Waals surface area contributed by atoms with Gasteiger partial charge >= 0.3 is 0 Å². The molecule has 3 aromatic rings. The number of anilines is 1. The van der Waals surface area contributed by atoms with Crippen molar-refractivity contribution >= 4 is 40.0 Å². The number of hydrogen-bond donors (Lipinski definition) is 1. The van der Waals surface area contributed by atoms with Gasteiger partial charge in [-0.15, -0.1) is 23.1 Å². The lowest BCUT2D eigenvalue weighted by molar-refractivity contribution is -0.132. The summed E-state index contributed by atoms with van der Waals surface area (Å²) in [6, 6.07) is 16.0. The Bertz CT molecular complexity index is 1060. The third kappa shape index (κ3) is 4.42. The highest BCUT2D eigenvalue weighted by molar-refractivity contribution is 7.98. The number of carbonyl (C=O) groups is 2. The highest BCUT2D eigenvalue weighted by atomic mass is 32.2. The Hall–Kier alpha value is -2.64. The first kappa shape index (κ1) is 20.6. The Kier molecular flexibility index (Phi) is 6.20. The molecule has 0 aliphatic carbocycles. The minimum atomic E-state index is -0.244. The number of hydrogen-bond acceptors (Lipinski definition) is 5. The van der Waals surface area contributed by atoms with Crippen LogP contribution in [0.1, 0.15) is 30.5 Å². The lowest BCUT2D eigenvalue weighted by Crippen LogP contribution is -2.40. The molecular weight excluding hydrogens is 414 g/mol. The Balaban J connectivity index is 1.48. The molecule has 30 heavy (non-hydrogen) atoms. The van der Waals surface area contributed by atoms with E-state index in [1.165, 1.54) is 21.8 Å². The lowest BCUT2D eigenvalue weighted by atomic mass is 9.90. The van der Waals surface area contributed by atoms with Crippen molar-refractivity contribution in [3.63, 3.8) is 0 Å². The van der Waals surface area contributed by atoms with E-state index in [0.29, 0.717) is 11.7 Å². The summed E-state index contributed by atoms with van der Waals surface area (Å²) in [5, 5.41) is 5.44. The van der Waals surface area contributed by atoms with Crippen LogP contribution in [0.25, 0.3) is 11.3 Å². The van der Waals surface area contributed by atoms with Gasteiger partial charge in [-0.1, -0.05) is 36.4 Å². The van der Waals surface area contributed by atoms with Gasteiger partial charge in [-0.25, -0.2) is 4.98 Å². The van der Waals surface area contributed by atoms with E-state index < -0.39 is 0 Å². The monoisotopic (exact) mass is 437 g/mol. The van der Waals surface area contributed by atoms with E-state index in [9.17, 15) is 9.59 Å². The van der Waals surface area contributed by atoms with Crippen LogP contribution in [0.3, 0.4) is 0 Å². The Morgan fingerprint density at radius 3 is 2.70 bits per heavy atom. The number of benzene rings is 2. The summed E-state index contributed by atoms with van der Waals surface area (Å²) in [4.78, 5) is 32.5. The zero-order valence-electron chi connectivity index (χ0n) is 16.9. The van der Waals surface area contributed by atoms with E-state index in [0.717, 1.165) is 23.2 Å². The van der Waals surface area contributed by atoms with E-state index in [-0.39, 0.29) is 24.3 Å². The molecule has 1 aromatic heterocycles. The number of rotatable bonds is 5. The Labute approximate surface area is 184 Å². The first-order valence-corrected chi connectivity index (χ1v) is 11.9. The first-order valence-electron chi connectivity index (χ1n) is 9.80. The molecule has 2 heterocycles. The summed E-state index contributed by atoms with van der Waals surface area (Å²) in [6.45, 7) is 2.20. The number of thioether (sulfide) groups is 1. The number of fused-ring (bicyclic) bond motifs is 1. The summed E-state index contributed by atoms with van der Waals surface area (Å²) in [5.41, 5.74) is 4.13. The van der Waals surface area contributed by atoms with Crippen molar-refractivity contribution in [3.8, 4) is 11.3 Å². The molecule has 0 saturated heterocycles. The summed E-state index contributed by atoms with van der Waals surface area (Å²) >= 11 is 3.11. The maximum Gasteiger partial charge on any atom is 0.228 e. The third-order valence-corrected chi connectivity index (χ3v) is 6.83. The predicted molar refractivity (Wildman–Crippen MR) is 123 cm³/mol. The number of nitrogens with zero attached hydrogens (tertiary/aromatic N) is 2. The van der Waals surface area contributed by atoms with Gasteiger partial charge in [0.05, 0.1) is 18.2 Å². The molecule has 0 bridgehead atoms. The maximum absolute atomic E-state index is 12.8. The Morgan fingerprint density at radius 1 is 1.20 bits per heavy atom. The van der Waals surface area contributed by atoms with Gasteiger partial charge in [0, 0.05) is 29.3 Å². The molecule has 4 rings (SSSR count). The quantitative estimate of drug-likeness (QED) is 0.570. The van der Waals surface area contributed by atoms with Gasteiger partial charge in [0.1, 0.15) is 0 Å². The maximum atomic E-state index is 12.8. The fraction of sp³-hybridized carbons (Fsp3) is 0.261. The number of nitrogens with one attached hydrogen (secondary N) is 1. The minimum absolute atomic E-state index is 0.00692. The first-order chi connectivity index (χ1) is 14.5. The molecule has 5 nitrogen and oxygen atoms in total. The molecule has 1 atom stereocenters. The molecule has 0 fully saturated rings. The summed E-state index contributed by atoms with van der Waals surface area (Å²) in [7, 11) is 0. The summed E-state index contributed by atoms with van der Waals surface area (Å²) < 4.78 is 0. The van der Waals surface area contributed by atoms with Gasteiger partial charge in [0.2, 0.25) is 11.8 Å². The molecular formula is C23H23N3O2S2. The van der Waals surface area contributed by atoms with Crippen LogP contribution in [0.15, 0.2) is 58.8 Å². The topological polar surface area (TPSA) is 62.3 Å². The predicted octanol–water partition coefficient (Wildman–Crippen LogP) is 5.01. The standard InChI is InChI=1S/C23H23N3O2S2/c1-15(27)26-12-11-16-5-3-4-6-19(16)21(26)13-22(28)25-23-24-20(14-30-23)17-7-9-18(29-2)10-8-17/h3-10,14,21H,11-13H2,1-2H3,(H,24,25,28). The molecule has 0 spiro atoms. The minimum Gasteiger partial charge on any atom is -0.335 e. The molecule has 1 N–H and O–H groups in total. The van der Waals surface area contributed by atoms with Crippen LogP contribution in [0.2, 0.25) is 0 Å². The SMILES string of the molecule is CSc1ccc(-c2csc(NC(=O)CC3c4ccccc4CCN3C(C)=O)n2)cc1. The van der Waals surface area contributed by atoms with E-state index >= 15 is 0 Å². The molecule has 1 aliphatic rings. The average molecular weight is 438 g/mol. The largest absolute Gasteiger partial charge is 0.335 e. The second kappa shape index (κ2) is 9.02. The number of carbonyl (C=O) groups excluding carboxylic acids is 2. The van der Waals surface area contributed by atoms with Crippen LogP contribution in [-0.2, 0) is 16.0 Å². The molecule has 7 heteroatoms. The number of thiazole rings is 1. The van der Waals surface area contributed by atoms with Gasteiger partial charge in [-0.05, 0) is 35.9 Å². The van der Waals surface area contributed by atoms with Crippen LogP contribution in [0.4, 0.5) is 5.13 Å². The highest BCUT2D eigenvalue weighted by Crippen LogP contribution is 2.33. The normalized spacial score (nSPS) is 15.5. The molecule has 0 saturated carbocycles. The van der Waals surface area contributed by atoms with Crippen LogP contribution in [-0.4, -0.2) is 34.5 Å². The molecule has 154 valence electrons.